The first-order chi connectivity index (χ1) is 16.8. The van der Waals surface area contributed by atoms with E-state index in [9.17, 15) is 30.8 Å². The number of hydrogen-bond donors (Lipinski definition) is 2. The molecule has 3 aromatic heterocycles. The molecule has 1 saturated heterocycles. The van der Waals surface area contributed by atoms with Crippen LogP contribution in [0.4, 0.5) is 23.5 Å². The molecular weight excluding hydrogens is 526 g/mol. The number of hydrogen-bond acceptors (Lipinski definition) is 8. The number of nitrogens with zero attached hydrogens (tertiary/aromatic N) is 5. The predicted octanol–water partition coefficient (Wildman–Crippen LogP) is 2.58. The molecule has 10 nitrogen and oxygen atoms in total. The Balaban J connectivity index is 1.57. The van der Waals surface area contributed by atoms with Crippen LogP contribution in [0.25, 0.3) is 10.6 Å². The van der Waals surface area contributed by atoms with E-state index in [-0.39, 0.29) is 34.2 Å². The van der Waals surface area contributed by atoms with Gasteiger partial charge in [-0.1, -0.05) is 0 Å². The Kier molecular flexibility index (Phi) is 6.78. The molecule has 4 heterocycles. The van der Waals surface area contributed by atoms with Gasteiger partial charge in [0.1, 0.15) is 16.6 Å². The summed E-state index contributed by atoms with van der Waals surface area (Å²) in [5, 5.41) is 6.51. The summed E-state index contributed by atoms with van der Waals surface area (Å²) in [5.74, 6) is -1.05. The summed E-state index contributed by atoms with van der Waals surface area (Å²) < 4.78 is 83.7. The Morgan fingerprint density at radius 3 is 2.58 bits per heavy atom. The lowest BCUT2D eigenvalue weighted by atomic mass is 10.1. The molecule has 0 aliphatic carbocycles. The molecule has 3 N–H and O–H groups in total. The molecule has 0 unspecified atom stereocenters. The van der Waals surface area contributed by atoms with Crippen LogP contribution in [-0.2, 0) is 23.2 Å². The molecule has 2 atom stereocenters. The Morgan fingerprint density at radius 1 is 1.31 bits per heavy atom. The summed E-state index contributed by atoms with van der Waals surface area (Å²) in [6, 6.07) is 0.282. The molecular formula is C20H21F4N7O3S2. The Morgan fingerprint density at radius 2 is 2.03 bits per heavy atom. The third-order valence-electron chi connectivity index (χ3n) is 5.65. The standard InChI is InChI=1S/C20H21F4N7O3S2/c1-10-12(18(25)32)5-16(35-10)17-13(20(22,23)24)7-26-19(29-17)28-15-3-4-31(9-14(15)21)36(33,34)11-6-27-30(2)8-11/h5-8,14-15H,3-4,9H2,1-2H3,(H2,25,32)(H,26,28,29)/t14-,15-/m1/s1. The number of sulfonamides is 1. The Hall–Kier alpha value is -3.11. The molecule has 0 aromatic carbocycles. The zero-order chi connectivity index (χ0) is 26.4. The van der Waals surface area contributed by atoms with Gasteiger partial charge >= 0.3 is 6.18 Å². The quantitative estimate of drug-likeness (QED) is 0.453. The van der Waals surface area contributed by atoms with E-state index in [0.29, 0.717) is 11.1 Å². The number of alkyl halides is 4. The highest BCUT2D eigenvalue weighted by molar-refractivity contribution is 7.89. The normalized spacial score (nSPS) is 19.4. The summed E-state index contributed by atoms with van der Waals surface area (Å²) in [5.41, 5.74) is 3.75. The van der Waals surface area contributed by atoms with Crippen LogP contribution in [0.3, 0.4) is 0 Å². The van der Waals surface area contributed by atoms with Crippen molar-refractivity contribution in [3.05, 3.63) is 40.7 Å². The van der Waals surface area contributed by atoms with Gasteiger partial charge in [-0.2, -0.15) is 22.6 Å². The summed E-state index contributed by atoms with van der Waals surface area (Å²) >= 11 is 0.911. The number of rotatable bonds is 6. The molecule has 4 rings (SSSR count). The fourth-order valence-corrected chi connectivity index (χ4v) is 6.27. The monoisotopic (exact) mass is 547 g/mol. The molecule has 3 aromatic rings. The fraction of sp³-hybridized carbons (Fsp3) is 0.400. The van der Waals surface area contributed by atoms with E-state index in [4.69, 9.17) is 5.73 Å². The van der Waals surface area contributed by atoms with Crippen molar-refractivity contribution < 1.29 is 30.8 Å². The smallest absolute Gasteiger partial charge is 0.366 e. The highest BCUT2D eigenvalue weighted by Crippen LogP contribution is 2.39. The lowest BCUT2D eigenvalue weighted by Crippen LogP contribution is -2.50. The van der Waals surface area contributed by atoms with Crippen molar-refractivity contribution in [2.75, 3.05) is 18.4 Å². The molecule has 1 aliphatic heterocycles. The first kappa shape index (κ1) is 26.0. The number of nitrogens with one attached hydrogen (secondary N) is 1. The lowest BCUT2D eigenvalue weighted by molar-refractivity contribution is -0.137. The number of primary amides is 1. The van der Waals surface area contributed by atoms with E-state index in [1.807, 2.05) is 0 Å². The van der Waals surface area contributed by atoms with E-state index >= 15 is 0 Å². The maximum Gasteiger partial charge on any atom is 0.420 e. The van der Waals surface area contributed by atoms with Gasteiger partial charge in [0.2, 0.25) is 21.9 Å². The molecule has 1 aliphatic rings. The van der Waals surface area contributed by atoms with E-state index in [1.54, 1.807) is 14.0 Å². The van der Waals surface area contributed by atoms with Crippen LogP contribution in [0, 0.1) is 6.92 Å². The topological polar surface area (TPSA) is 136 Å². The van der Waals surface area contributed by atoms with E-state index in [1.165, 1.54) is 23.1 Å². The van der Waals surface area contributed by atoms with E-state index in [0.717, 1.165) is 15.6 Å². The van der Waals surface area contributed by atoms with Gasteiger partial charge in [-0.05, 0) is 19.4 Å². The van der Waals surface area contributed by atoms with E-state index in [2.05, 4.69) is 20.4 Å². The maximum absolute atomic E-state index is 15.0. The minimum absolute atomic E-state index is 0.0182. The predicted molar refractivity (Wildman–Crippen MR) is 122 cm³/mol. The average Bonchev–Trinajstić information content (AvgIpc) is 3.40. The number of aromatic nitrogens is 4. The molecule has 36 heavy (non-hydrogen) atoms. The number of nitrogens with two attached hydrogens (primary N) is 1. The minimum Gasteiger partial charge on any atom is -0.366 e. The van der Waals surface area contributed by atoms with Crippen LogP contribution < -0.4 is 11.1 Å². The average molecular weight is 548 g/mol. The molecule has 16 heteroatoms. The van der Waals surface area contributed by atoms with Crippen molar-refractivity contribution in [3.8, 4) is 10.6 Å². The van der Waals surface area contributed by atoms with Crippen molar-refractivity contribution in [1.82, 2.24) is 24.1 Å². The maximum atomic E-state index is 15.0. The van der Waals surface area contributed by atoms with Gasteiger partial charge in [0, 0.05) is 37.4 Å². The van der Waals surface area contributed by atoms with Crippen LogP contribution in [0.5, 0.6) is 0 Å². The van der Waals surface area contributed by atoms with Crippen molar-refractivity contribution in [1.29, 1.82) is 0 Å². The molecule has 0 bridgehead atoms. The SMILES string of the molecule is Cc1sc(-c2nc(N[C@@H]3CCN(S(=O)(=O)c4cnn(C)c4)C[C@H]3F)ncc2C(F)(F)F)cc1C(N)=O. The largest absolute Gasteiger partial charge is 0.420 e. The fourth-order valence-electron chi connectivity index (χ4n) is 3.79. The second-order valence-electron chi connectivity index (χ2n) is 8.17. The van der Waals surface area contributed by atoms with Crippen molar-refractivity contribution >= 4 is 33.2 Å². The van der Waals surface area contributed by atoms with Gasteiger partial charge in [0.15, 0.2) is 0 Å². The van der Waals surface area contributed by atoms with E-state index < -0.39 is 52.1 Å². The number of amides is 1. The molecule has 1 fully saturated rings. The Bertz CT molecular complexity index is 1400. The van der Waals surface area contributed by atoms with Gasteiger partial charge in [0.25, 0.3) is 0 Å². The van der Waals surface area contributed by atoms with Gasteiger partial charge in [-0.15, -0.1) is 11.3 Å². The molecule has 0 saturated carbocycles. The molecule has 0 spiro atoms. The minimum atomic E-state index is -4.78. The number of halogens is 4. The Labute approximate surface area is 207 Å². The van der Waals surface area contributed by atoms with Crippen molar-refractivity contribution in [2.24, 2.45) is 12.8 Å². The van der Waals surface area contributed by atoms with Crippen LogP contribution in [0.15, 0.2) is 29.6 Å². The van der Waals surface area contributed by atoms with Gasteiger partial charge in [-0.3, -0.25) is 9.48 Å². The number of thiophene rings is 1. The summed E-state index contributed by atoms with van der Waals surface area (Å²) in [6.07, 6.45) is -3.40. The summed E-state index contributed by atoms with van der Waals surface area (Å²) in [6.45, 7) is 1.05. The third kappa shape index (κ3) is 5.05. The highest BCUT2D eigenvalue weighted by atomic mass is 32.2. The summed E-state index contributed by atoms with van der Waals surface area (Å²) in [7, 11) is -2.40. The van der Waals surface area contributed by atoms with Crippen LogP contribution in [0.2, 0.25) is 0 Å². The zero-order valence-corrected chi connectivity index (χ0v) is 20.6. The number of carbonyl (C=O) groups is 1. The summed E-state index contributed by atoms with van der Waals surface area (Å²) in [4.78, 5) is 19.7. The van der Waals surface area contributed by atoms with Gasteiger partial charge < -0.3 is 11.1 Å². The first-order valence-electron chi connectivity index (χ1n) is 10.5. The first-order valence-corrected chi connectivity index (χ1v) is 12.8. The van der Waals surface area contributed by atoms with Crippen LogP contribution in [0.1, 0.15) is 27.2 Å². The lowest BCUT2D eigenvalue weighted by Gasteiger charge is -2.34. The van der Waals surface area contributed by atoms with Crippen LogP contribution in [-0.4, -0.2) is 63.7 Å². The van der Waals surface area contributed by atoms with Gasteiger partial charge in [0.05, 0.1) is 28.4 Å². The van der Waals surface area contributed by atoms with Crippen molar-refractivity contribution in [2.45, 2.75) is 36.6 Å². The van der Waals surface area contributed by atoms with Crippen LogP contribution >= 0.6 is 11.3 Å². The van der Waals surface area contributed by atoms with Crippen molar-refractivity contribution in [3.63, 3.8) is 0 Å². The highest BCUT2D eigenvalue weighted by Gasteiger charge is 2.38. The molecule has 194 valence electrons. The number of aryl methyl sites for hydroxylation is 2. The second-order valence-corrected chi connectivity index (χ2v) is 11.4. The van der Waals surface area contributed by atoms with Gasteiger partial charge in [-0.25, -0.2) is 22.8 Å². The third-order valence-corrected chi connectivity index (χ3v) is 8.52. The number of carbonyl (C=O) groups excluding carboxylic acids is 1. The zero-order valence-electron chi connectivity index (χ0n) is 19.0. The number of piperidine rings is 1. The molecule has 0 radical (unpaired) electrons. The number of anilines is 1. The second kappa shape index (κ2) is 9.40. The molecule has 1 amide bonds.